The molecule has 0 aliphatic heterocycles. The number of aryl methyl sites for hydroxylation is 1. The molecule has 5 nitrogen and oxygen atoms in total. The van der Waals surface area contributed by atoms with Gasteiger partial charge in [-0.15, -0.1) is 0 Å². The van der Waals surface area contributed by atoms with Gasteiger partial charge in [-0.3, -0.25) is 4.79 Å². The first-order chi connectivity index (χ1) is 12.3. The van der Waals surface area contributed by atoms with Gasteiger partial charge in [0.1, 0.15) is 17.1 Å². The van der Waals surface area contributed by atoms with Crippen LogP contribution < -0.4 is 0 Å². The lowest BCUT2D eigenvalue weighted by Gasteiger charge is -2.16. The van der Waals surface area contributed by atoms with E-state index in [1.54, 1.807) is 18.9 Å². The maximum atomic E-state index is 12.7. The number of rotatable bonds is 6. The second kappa shape index (κ2) is 6.98. The third-order valence-corrected chi connectivity index (χ3v) is 5.11. The lowest BCUT2D eigenvalue weighted by molar-refractivity contribution is -0.132. The maximum absolute atomic E-state index is 12.7. The topological polar surface area (TPSA) is 70.8 Å². The number of hydrogen-bond acceptors (Lipinski definition) is 3. The summed E-state index contributed by atoms with van der Waals surface area (Å²) in [5.74, 6) is 0.697. The van der Waals surface area contributed by atoms with Crippen LogP contribution in [0.1, 0.15) is 65.1 Å². The van der Waals surface area contributed by atoms with Crippen LogP contribution in [0, 0.1) is 12.8 Å². The Morgan fingerprint density at radius 2 is 1.92 bits per heavy atom. The standard InChI is InChI=1S/C21H25NO4/c1-12(2)14-5-7-15(8-6-14)18-10-19(18)20(23)22(4)11-16-9-17(21(24)25)13(3)26-16/h5-9,12,18-19H,10-11H2,1-4H3,(H,24,25). The molecule has 0 radical (unpaired) electrons. The molecule has 1 aliphatic carbocycles. The Morgan fingerprint density at radius 3 is 2.46 bits per heavy atom. The van der Waals surface area contributed by atoms with E-state index >= 15 is 0 Å². The molecule has 2 atom stereocenters. The Kier molecular flexibility index (Phi) is 4.90. The van der Waals surface area contributed by atoms with Gasteiger partial charge in [0, 0.05) is 13.0 Å². The van der Waals surface area contributed by atoms with Crippen LogP contribution in [0.4, 0.5) is 0 Å². The summed E-state index contributed by atoms with van der Waals surface area (Å²) in [5.41, 5.74) is 2.66. The second-order valence-electron chi connectivity index (χ2n) is 7.45. The molecule has 0 bridgehead atoms. The van der Waals surface area contributed by atoms with E-state index in [4.69, 9.17) is 9.52 Å². The first-order valence-corrected chi connectivity index (χ1v) is 8.95. The van der Waals surface area contributed by atoms with Gasteiger partial charge in [0.2, 0.25) is 5.91 Å². The average Bonchev–Trinajstić information content (AvgIpc) is 3.30. The predicted molar refractivity (Wildman–Crippen MR) is 98.3 cm³/mol. The van der Waals surface area contributed by atoms with E-state index < -0.39 is 5.97 Å². The summed E-state index contributed by atoms with van der Waals surface area (Å²) in [6, 6.07) is 10.0. The Labute approximate surface area is 153 Å². The predicted octanol–water partition coefficient (Wildman–Crippen LogP) is 4.17. The number of benzene rings is 1. The van der Waals surface area contributed by atoms with Crippen LogP contribution in [-0.4, -0.2) is 28.9 Å². The summed E-state index contributed by atoms with van der Waals surface area (Å²) in [5, 5.41) is 9.09. The van der Waals surface area contributed by atoms with E-state index in [2.05, 4.69) is 38.1 Å². The fourth-order valence-corrected chi connectivity index (χ4v) is 3.39. The number of carbonyl (C=O) groups excluding carboxylic acids is 1. The van der Waals surface area contributed by atoms with Crippen LogP contribution in [0.15, 0.2) is 34.7 Å². The molecule has 3 rings (SSSR count). The summed E-state index contributed by atoms with van der Waals surface area (Å²) in [4.78, 5) is 25.4. The zero-order valence-electron chi connectivity index (χ0n) is 15.7. The molecule has 0 saturated heterocycles. The Hall–Kier alpha value is -2.56. The highest BCUT2D eigenvalue weighted by Gasteiger charge is 2.45. The molecular weight excluding hydrogens is 330 g/mol. The van der Waals surface area contributed by atoms with Gasteiger partial charge in [-0.2, -0.15) is 0 Å². The minimum absolute atomic E-state index is 0.0000895. The fourth-order valence-electron chi connectivity index (χ4n) is 3.39. The molecule has 1 N–H and O–H groups in total. The van der Waals surface area contributed by atoms with Crippen molar-refractivity contribution < 1.29 is 19.1 Å². The smallest absolute Gasteiger partial charge is 0.339 e. The molecule has 26 heavy (non-hydrogen) atoms. The molecule has 5 heteroatoms. The van der Waals surface area contributed by atoms with Crippen molar-refractivity contribution in [2.24, 2.45) is 5.92 Å². The van der Waals surface area contributed by atoms with Crippen molar-refractivity contribution in [1.82, 2.24) is 4.90 Å². The third-order valence-electron chi connectivity index (χ3n) is 5.11. The molecule has 0 spiro atoms. The normalized spacial score (nSPS) is 18.8. The Bertz CT molecular complexity index is 819. The van der Waals surface area contributed by atoms with Gasteiger partial charge >= 0.3 is 5.97 Å². The number of carbonyl (C=O) groups is 2. The minimum atomic E-state index is -1.02. The number of amides is 1. The highest BCUT2D eigenvalue weighted by Crippen LogP contribution is 2.48. The zero-order chi connectivity index (χ0) is 19.0. The van der Waals surface area contributed by atoms with Crippen molar-refractivity contribution in [3.8, 4) is 0 Å². The first kappa shape index (κ1) is 18.2. The molecule has 1 aliphatic rings. The van der Waals surface area contributed by atoms with Crippen molar-refractivity contribution in [2.45, 2.75) is 45.6 Å². The van der Waals surface area contributed by atoms with Gasteiger partial charge in [-0.05, 0) is 42.4 Å². The summed E-state index contributed by atoms with van der Waals surface area (Å²) in [6.07, 6.45) is 0.863. The number of aromatic carboxylic acids is 1. The lowest BCUT2D eigenvalue weighted by atomic mass is 10.00. The first-order valence-electron chi connectivity index (χ1n) is 8.95. The SMILES string of the molecule is Cc1oc(CN(C)C(=O)C2CC2c2ccc(C(C)C)cc2)cc1C(=O)O. The van der Waals surface area contributed by atoms with Gasteiger partial charge in [-0.25, -0.2) is 4.79 Å². The summed E-state index contributed by atoms with van der Waals surface area (Å²) in [7, 11) is 1.73. The van der Waals surface area contributed by atoms with Crippen molar-refractivity contribution in [3.63, 3.8) is 0 Å². The van der Waals surface area contributed by atoms with Crippen molar-refractivity contribution in [3.05, 3.63) is 58.5 Å². The third kappa shape index (κ3) is 3.66. The van der Waals surface area contributed by atoms with E-state index in [-0.39, 0.29) is 29.9 Å². The number of carboxylic acids is 1. The summed E-state index contributed by atoms with van der Waals surface area (Å²) in [6.45, 7) is 6.23. The number of hydrogen-bond donors (Lipinski definition) is 1. The lowest BCUT2D eigenvalue weighted by Crippen LogP contribution is -2.27. The number of carboxylic acid groups (broad SMARTS) is 1. The van der Waals surface area contributed by atoms with Crippen LogP contribution in [0.25, 0.3) is 0 Å². The Balaban J connectivity index is 1.61. The van der Waals surface area contributed by atoms with E-state index in [0.717, 1.165) is 6.42 Å². The quantitative estimate of drug-likeness (QED) is 0.844. The molecule has 1 saturated carbocycles. The largest absolute Gasteiger partial charge is 0.478 e. The maximum Gasteiger partial charge on any atom is 0.339 e. The van der Waals surface area contributed by atoms with Crippen LogP contribution in [0.3, 0.4) is 0 Å². The molecule has 138 valence electrons. The number of furan rings is 1. The van der Waals surface area contributed by atoms with Gasteiger partial charge in [0.25, 0.3) is 0 Å². The zero-order valence-corrected chi connectivity index (χ0v) is 15.7. The van der Waals surface area contributed by atoms with Crippen LogP contribution in [0.5, 0.6) is 0 Å². The molecular formula is C21H25NO4. The Morgan fingerprint density at radius 1 is 1.27 bits per heavy atom. The highest BCUT2D eigenvalue weighted by atomic mass is 16.4. The molecule has 1 heterocycles. The van der Waals surface area contributed by atoms with E-state index in [1.807, 2.05) is 0 Å². The highest BCUT2D eigenvalue weighted by molar-refractivity contribution is 5.89. The number of nitrogens with zero attached hydrogens (tertiary/aromatic N) is 1. The summed E-state index contributed by atoms with van der Waals surface area (Å²) >= 11 is 0. The van der Waals surface area contributed by atoms with Crippen molar-refractivity contribution >= 4 is 11.9 Å². The molecule has 2 unspecified atom stereocenters. The van der Waals surface area contributed by atoms with Crippen molar-refractivity contribution in [1.29, 1.82) is 0 Å². The molecule has 1 aromatic heterocycles. The van der Waals surface area contributed by atoms with E-state index in [9.17, 15) is 9.59 Å². The van der Waals surface area contributed by atoms with E-state index in [0.29, 0.717) is 17.4 Å². The molecule has 2 aromatic rings. The van der Waals surface area contributed by atoms with Gasteiger partial charge in [0.15, 0.2) is 0 Å². The van der Waals surface area contributed by atoms with Crippen LogP contribution >= 0.6 is 0 Å². The summed E-state index contributed by atoms with van der Waals surface area (Å²) < 4.78 is 5.47. The van der Waals surface area contributed by atoms with Gasteiger partial charge in [-0.1, -0.05) is 38.1 Å². The van der Waals surface area contributed by atoms with Crippen LogP contribution in [0.2, 0.25) is 0 Å². The molecule has 1 fully saturated rings. The second-order valence-corrected chi connectivity index (χ2v) is 7.45. The monoisotopic (exact) mass is 355 g/mol. The van der Waals surface area contributed by atoms with Crippen LogP contribution in [-0.2, 0) is 11.3 Å². The van der Waals surface area contributed by atoms with Gasteiger partial charge in [0.05, 0.1) is 6.54 Å². The average molecular weight is 355 g/mol. The fraction of sp³-hybridized carbons (Fsp3) is 0.429. The molecule has 1 amide bonds. The van der Waals surface area contributed by atoms with E-state index in [1.165, 1.54) is 17.2 Å². The minimum Gasteiger partial charge on any atom is -0.478 e. The van der Waals surface area contributed by atoms with Gasteiger partial charge < -0.3 is 14.4 Å². The van der Waals surface area contributed by atoms with Crippen molar-refractivity contribution in [2.75, 3.05) is 7.05 Å². The molecule has 1 aromatic carbocycles.